The second-order valence-corrected chi connectivity index (χ2v) is 5.66. The number of amides is 2. The molecule has 7 nitrogen and oxygen atoms in total. The van der Waals surface area contributed by atoms with Gasteiger partial charge in [0.2, 0.25) is 5.88 Å². The number of hydrogen-bond acceptors (Lipinski definition) is 5. The fourth-order valence-electron chi connectivity index (χ4n) is 2.41. The third kappa shape index (κ3) is 4.48. The van der Waals surface area contributed by atoms with Crippen molar-refractivity contribution in [1.29, 1.82) is 0 Å². The Bertz CT molecular complexity index is 799. The molecule has 0 radical (unpaired) electrons. The van der Waals surface area contributed by atoms with E-state index in [0.29, 0.717) is 18.0 Å². The Morgan fingerprint density at radius 2 is 2.08 bits per heavy atom. The number of aliphatic hydroxyl groups excluding tert-OH is 1. The molecule has 3 aromatic rings. The highest BCUT2D eigenvalue weighted by molar-refractivity contribution is 5.87. The molecule has 0 aliphatic heterocycles. The van der Waals surface area contributed by atoms with E-state index in [4.69, 9.17) is 8.94 Å². The summed E-state index contributed by atoms with van der Waals surface area (Å²) < 4.78 is 10.2. The van der Waals surface area contributed by atoms with Gasteiger partial charge in [0.05, 0.1) is 18.5 Å². The number of benzene rings is 1. The molecule has 2 N–H and O–H groups in total. The Balaban J connectivity index is 1.74. The van der Waals surface area contributed by atoms with Crippen LogP contribution in [0, 0.1) is 6.92 Å². The van der Waals surface area contributed by atoms with Gasteiger partial charge < -0.3 is 18.9 Å². The smallest absolute Gasteiger partial charge is 0.324 e. The SMILES string of the molecule is Cc1cc(NC(=O)N(Cc2ccccc2)C[C@@H](O)c2ccco2)on1. The van der Waals surface area contributed by atoms with Gasteiger partial charge in [0.1, 0.15) is 11.9 Å². The summed E-state index contributed by atoms with van der Waals surface area (Å²) >= 11 is 0. The van der Waals surface area contributed by atoms with Crippen LogP contribution < -0.4 is 5.32 Å². The standard InChI is InChI=1S/C18H19N3O4/c1-13-10-17(25-20-13)19-18(23)21(11-14-6-3-2-4-7-14)12-15(22)16-8-5-9-24-16/h2-10,15,22H,11-12H2,1H3,(H,19,23)/t15-/m1/s1. The maximum Gasteiger partial charge on any atom is 0.324 e. The molecule has 1 atom stereocenters. The molecule has 3 rings (SSSR count). The Labute approximate surface area is 144 Å². The van der Waals surface area contributed by atoms with Gasteiger partial charge in [0, 0.05) is 12.6 Å². The van der Waals surface area contributed by atoms with Crippen molar-refractivity contribution in [2.45, 2.75) is 19.6 Å². The van der Waals surface area contributed by atoms with Gasteiger partial charge in [-0.25, -0.2) is 4.79 Å². The van der Waals surface area contributed by atoms with Crippen LogP contribution in [0.5, 0.6) is 0 Å². The Morgan fingerprint density at radius 1 is 1.28 bits per heavy atom. The number of nitrogens with zero attached hydrogens (tertiary/aromatic N) is 2. The number of hydrogen-bond donors (Lipinski definition) is 2. The van der Waals surface area contributed by atoms with Gasteiger partial charge in [0.15, 0.2) is 0 Å². The third-order valence-corrected chi connectivity index (χ3v) is 3.63. The summed E-state index contributed by atoms with van der Waals surface area (Å²) in [5, 5.41) is 16.7. The molecular weight excluding hydrogens is 322 g/mol. The first-order valence-corrected chi connectivity index (χ1v) is 7.86. The maximum atomic E-state index is 12.6. The number of aromatic nitrogens is 1. The maximum absolute atomic E-state index is 12.6. The van der Waals surface area contributed by atoms with Gasteiger partial charge in [-0.2, -0.15) is 0 Å². The summed E-state index contributed by atoms with van der Waals surface area (Å²) in [5.41, 5.74) is 1.61. The average Bonchev–Trinajstić information content (AvgIpc) is 3.27. The lowest BCUT2D eigenvalue weighted by Crippen LogP contribution is -2.37. The molecule has 0 bridgehead atoms. The monoisotopic (exact) mass is 341 g/mol. The van der Waals surface area contributed by atoms with Crippen molar-refractivity contribution in [2.75, 3.05) is 11.9 Å². The van der Waals surface area contributed by atoms with Crippen molar-refractivity contribution in [2.24, 2.45) is 0 Å². The molecule has 130 valence electrons. The van der Waals surface area contributed by atoms with E-state index in [2.05, 4.69) is 10.5 Å². The molecule has 1 aromatic carbocycles. The summed E-state index contributed by atoms with van der Waals surface area (Å²) in [6.07, 6.45) is 0.554. The predicted octanol–water partition coefficient (Wildman–Crippen LogP) is 3.34. The third-order valence-electron chi connectivity index (χ3n) is 3.63. The number of carbonyl (C=O) groups excluding carboxylic acids is 1. The van der Waals surface area contributed by atoms with Crippen molar-refractivity contribution in [3.8, 4) is 0 Å². The van der Waals surface area contributed by atoms with Crippen molar-refractivity contribution in [3.05, 3.63) is 71.8 Å². The van der Waals surface area contributed by atoms with E-state index in [1.165, 1.54) is 11.2 Å². The zero-order valence-electron chi connectivity index (χ0n) is 13.8. The number of carbonyl (C=O) groups is 1. The first-order chi connectivity index (χ1) is 12.1. The topological polar surface area (TPSA) is 91.7 Å². The molecule has 0 spiro atoms. The fraction of sp³-hybridized carbons (Fsp3) is 0.222. The summed E-state index contributed by atoms with van der Waals surface area (Å²) in [6, 6.07) is 14.1. The second kappa shape index (κ2) is 7.67. The van der Waals surface area contributed by atoms with E-state index in [1.807, 2.05) is 30.3 Å². The average molecular weight is 341 g/mol. The van der Waals surface area contributed by atoms with Crippen LogP contribution >= 0.6 is 0 Å². The fourth-order valence-corrected chi connectivity index (χ4v) is 2.41. The first kappa shape index (κ1) is 16.8. The number of nitrogens with one attached hydrogen (secondary N) is 1. The van der Waals surface area contributed by atoms with Gasteiger partial charge in [-0.05, 0) is 24.6 Å². The lowest BCUT2D eigenvalue weighted by atomic mass is 10.2. The van der Waals surface area contributed by atoms with Crippen LogP contribution in [0.1, 0.15) is 23.1 Å². The molecule has 25 heavy (non-hydrogen) atoms. The van der Waals surface area contributed by atoms with Gasteiger partial charge >= 0.3 is 6.03 Å². The molecule has 0 aliphatic rings. The number of anilines is 1. The predicted molar refractivity (Wildman–Crippen MR) is 90.8 cm³/mol. The number of aliphatic hydroxyl groups is 1. The van der Waals surface area contributed by atoms with Crippen LogP contribution in [0.15, 0.2) is 63.7 Å². The molecule has 0 unspecified atom stereocenters. The molecule has 7 heteroatoms. The minimum absolute atomic E-state index is 0.0708. The first-order valence-electron chi connectivity index (χ1n) is 7.86. The highest BCUT2D eigenvalue weighted by atomic mass is 16.5. The Morgan fingerprint density at radius 3 is 2.72 bits per heavy atom. The van der Waals surface area contributed by atoms with Crippen LogP contribution in [0.2, 0.25) is 0 Å². The lowest BCUT2D eigenvalue weighted by molar-refractivity contribution is 0.105. The van der Waals surface area contributed by atoms with Crippen molar-refractivity contribution >= 4 is 11.9 Å². The van der Waals surface area contributed by atoms with Gasteiger partial charge in [-0.1, -0.05) is 35.5 Å². The van der Waals surface area contributed by atoms with Crippen molar-refractivity contribution < 1.29 is 18.8 Å². The van der Waals surface area contributed by atoms with Crippen LogP contribution in [0.3, 0.4) is 0 Å². The second-order valence-electron chi connectivity index (χ2n) is 5.66. The van der Waals surface area contributed by atoms with Crippen LogP contribution in [0.25, 0.3) is 0 Å². The zero-order chi connectivity index (χ0) is 17.6. The molecule has 0 saturated heterocycles. The summed E-state index contributed by atoms with van der Waals surface area (Å²) in [5.74, 6) is 0.662. The number of furan rings is 1. The Kier molecular flexibility index (Phi) is 5.15. The normalized spacial score (nSPS) is 11.9. The molecule has 0 saturated carbocycles. The largest absolute Gasteiger partial charge is 0.467 e. The minimum atomic E-state index is -0.930. The molecular formula is C18H19N3O4. The van der Waals surface area contributed by atoms with Crippen LogP contribution in [-0.2, 0) is 6.54 Å². The highest BCUT2D eigenvalue weighted by Gasteiger charge is 2.21. The number of aryl methyl sites for hydroxylation is 1. The minimum Gasteiger partial charge on any atom is -0.467 e. The van der Waals surface area contributed by atoms with E-state index in [0.717, 1.165) is 5.56 Å². The summed E-state index contributed by atoms with van der Waals surface area (Å²) in [4.78, 5) is 14.1. The van der Waals surface area contributed by atoms with Crippen molar-refractivity contribution in [1.82, 2.24) is 10.1 Å². The van der Waals surface area contributed by atoms with Crippen LogP contribution in [-0.4, -0.2) is 27.7 Å². The van der Waals surface area contributed by atoms with Gasteiger partial charge in [-0.15, -0.1) is 0 Å². The molecule has 0 aliphatic carbocycles. The van der Waals surface area contributed by atoms with E-state index >= 15 is 0 Å². The zero-order valence-corrected chi connectivity index (χ0v) is 13.8. The van der Waals surface area contributed by atoms with Crippen LogP contribution in [0.4, 0.5) is 10.7 Å². The molecule has 2 aromatic heterocycles. The Hall–Kier alpha value is -3.06. The van der Waals surface area contributed by atoms with Crippen molar-refractivity contribution in [3.63, 3.8) is 0 Å². The molecule has 2 heterocycles. The van der Waals surface area contributed by atoms with Gasteiger partial charge in [-0.3, -0.25) is 5.32 Å². The van der Waals surface area contributed by atoms with E-state index in [1.54, 1.807) is 25.1 Å². The number of rotatable bonds is 6. The summed E-state index contributed by atoms with van der Waals surface area (Å²) in [6.45, 7) is 2.17. The lowest BCUT2D eigenvalue weighted by Gasteiger charge is -2.24. The van der Waals surface area contributed by atoms with E-state index in [-0.39, 0.29) is 12.4 Å². The quantitative estimate of drug-likeness (QED) is 0.717. The molecule has 0 fully saturated rings. The van der Waals surface area contributed by atoms with E-state index < -0.39 is 12.1 Å². The van der Waals surface area contributed by atoms with Gasteiger partial charge in [0.25, 0.3) is 0 Å². The van der Waals surface area contributed by atoms with E-state index in [9.17, 15) is 9.90 Å². The summed E-state index contributed by atoms with van der Waals surface area (Å²) in [7, 11) is 0. The number of urea groups is 1. The molecule has 2 amide bonds. The highest BCUT2D eigenvalue weighted by Crippen LogP contribution is 2.18.